The normalized spacial score (nSPS) is 11.6. The standard InChI is InChI=1S/C14H7ClN2O2/c15-8-5-6-12-11(7-8)17-10-4-2-1-3-9(10)13(18)16-14(17)19-12/h1-7H. The lowest BCUT2D eigenvalue weighted by Crippen LogP contribution is -2.08. The minimum absolute atomic E-state index is 0.279. The number of hydrogen-bond donors (Lipinski definition) is 0. The zero-order chi connectivity index (χ0) is 13.0. The van der Waals surface area contributed by atoms with Crippen molar-refractivity contribution in [1.29, 1.82) is 0 Å². The van der Waals surface area contributed by atoms with Crippen LogP contribution in [0, 0.1) is 0 Å². The number of benzene rings is 2. The molecule has 0 fully saturated rings. The van der Waals surface area contributed by atoms with E-state index in [2.05, 4.69) is 4.98 Å². The molecule has 5 heteroatoms. The summed E-state index contributed by atoms with van der Waals surface area (Å²) in [5.41, 5.74) is 1.91. The van der Waals surface area contributed by atoms with E-state index in [4.69, 9.17) is 16.0 Å². The first-order valence-corrected chi connectivity index (χ1v) is 6.11. The molecule has 0 atom stereocenters. The smallest absolute Gasteiger partial charge is 0.310 e. The van der Waals surface area contributed by atoms with Crippen molar-refractivity contribution in [3.05, 3.63) is 57.8 Å². The Balaban J connectivity index is 2.40. The van der Waals surface area contributed by atoms with Crippen molar-refractivity contribution >= 4 is 39.4 Å². The van der Waals surface area contributed by atoms with E-state index >= 15 is 0 Å². The van der Waals surface area contributed by atoms with Crippen LogP contribution >= 0.6 is 11.6 Å². The van der Waals surface area contributed by atoms with Gasteiger partial charge in [-0.2, -0.15) is 4.98 Å². The van der Waals surface area contributed by atoms with Crippen LogP contribution in [-0.2, 0) is 0 Å². The fourth-order valence-electron chi connectivity index (χ4n) is 2.30. The molecule has 4 aromatic rings. The summed E-state index contributed by atoms with van der Waals surface area (Å²) in [5, 5.41) is 1.17. The summed E-state index contributed by atoms with van der Waals surface area (Å²) in [6.07, 6.45) is 0. The van der Waals surface area contributed by atoms with Crippen LogP contribution < -0.4 is 5.56 Å². The van der Waals surface area contributed by atoms with Crippen LogP contribution in [0.25, 0.3) is 27.8 Å². The van der Waals surface area contributed by atoms with Crippen LogP contribution in [0.4, 0.5) is 0 Å². The third kappa shape index (κ3) is 1.40. The Bertz CT molecular complexity index is 1000. The number of oxazole rings is 1. The van der Waals surface area contributed by atoms with Gasteiger partial charge in [0, 0.05) is 5.02 Å². The van der Waals surface area contributed by atoms with Gasteiger partial charge < -0.3 is 4.42 Å². The summed E-state index contributed by atoms with van der Waals surface area (Å²) in [6, 6.07) is 12.6. The van der Waals surface area contributed by atoms with Crippen LogP contribution in [0.15, 0.2) is 51.7 Å². The highest BCUT2D eigenvalue weighted by Gasteiger charge is 2.12. The van der Waals surface area contributed by atoms with Crippen molar-refractivity contribution in [1.82, 2.24) is 9.38 Å². The molecule has 0 spiro atoms. The Hall–Kier alpha value is -2.33. The summed E-state index contributed by atoms with van der Waals surface area (Å²) in [7, 11) is 0. The maximum Gasteiger partial charge on any atom is 0.310 e. The second-order valence-electron chi connectivity index (χ2n) is 4.27. The van der Waals surface area contributed by atoms with Crippen molar-refractivity contribution in [2.75, 3.05) is 0 Å². The van der Waals surface area contributed by atoms with Crippen molar-refractivity contribution in [3.63, 3.8) is 0 Å². The molecule has 0 aliphatic rings. The van der Waals surface area contributed by atoms with E-state index in [1.54, 1.807) is 28.7 Å². The van der Waals surface area contributed by atoms with Crippen molar-refractivity contribution in [2.45, 2.75) is 0 Å². The molecule has 4 nitrogen and oxygen atoms in total. The molecule has 2 aromatic heterocycles. The first-order valence-electron chi connectivity index (χ1n) is 5.73. The number of rotatable bonds is 0. The molecular formula is C14H7ClN2O2. The summed E-state index contributed by atoms with van der Waals surface area (Å²) in [6.45, 7) is 0. The topological polar surface area (TPSA) is 47.5 Å². The van der Waals surface area contributed by atoms with E-state index in [0.29, 0.717) is 16.0 Å². The van der Waals surface area contributed by atoms with Crippen LogP contribution in [0.5, 0.6) is 0 Å². The zero-order valence-corrected chi connectivity index (χ0v) is 10.4. The predicted octanol–water partition coefficient (Wildman–Crippen LogP) is 3.25. The molecule has 0 saturated carbocycles. The molecule has 0 aliphatic carbocycles. The second kappa shape index (κ2) is 3.59. The van der Waals surface area contributed by atoms with E-state index in [9.17, 15) is 4.79 Å². The Morgan fingerprint density at radius 2 is 1.95 bits per heavy atom. The molecule has 0 saturated heterocycles. The molecule has 0 N–H and O–H groups in total. The Labute approximate surface area is 111 Å². The van der Waals surface area contributed by atoms with E-state index in [1.807, 2.05) is 18.2 Å². The van der Waals surface area contributed by atoms with Gasteiger partial charge in [-0.05, 0) is 30.3 Å². The first-order chi connectivity index (χ1) is 9.24. The van der Waals surface area contributed by atoms with Gasteiger partial charge in [-0.15, -0.1) is 0 Å². The number of hydrogen-bond acceptors (Lipinski definition) is 3. The monoisotopic (exact) mass is 270 g/mol. The summed E-state index contributed by atoms with van der Waals surface area (Å²) in [5.74, 6) is 0.279. The van der Waals surface area contributed by atoms with E-state index in [-0.39, 0.29) is 11.4 Å². The fraction of sp³-hybridized carbons (Fsp3) is 0. The van der Waals surface area contributed by atoms with Gasteiger partial charge in [0.1, 0.15) is 0 Å². The van der Waals surface area contributed by atoms with Gasteiger partial charge in [-0.3, -0.25) is 9.20 Å². The minimum Gasteiger partial charge on any atom is -0.423 e. The van der Waals surface area contributed by atoms with Crippen molar-refractivity contribution in [3.8, 4) is 0 Å². The van der Waals surface area contributed by atoms with Crippen LogP contribution in [0.2, 0.25) is 5.02 Å². The van der Waals surface area contributed by atoms with Crippen molar-refractivity contribution in [2.24, 2.45) is 0 Å². The quantitative estimate of drug-likeness (QED) is 0.493. The lowest BCUT2D eigenvalue weighted by atomic mass is 10.2. The number of para-hydroxylation sites is 1. The lowest BCUT2D eigenvalue weighted by molar-refractivity contribution is 0.636. The van der Waals surface area contributed by atoms with Crippen LogP contribution in [0.1, 0.15) is 0 Å². The molecule has 0 aliphatic heterocycles. The fourth-order valence-corrected chi connectivity index (χ4v) is 2.47. The van der Waals surface area contributed by atoms with Gasteiger partial charge in [-0.25, -0.2) is 0 Å². The molecule has 2 heterocycles. The SMILES string of the molecule is O=c1nc2oc3ccc(Cl)cc3n2c2ccccc12. The third-order valence-corrected chi connectivity index (χ3v) is 3.36. The average Bonchev–Trinajstić information content (AvgIpc) is 2.76. The molecule has 2 aromatic carbocycles. The van der Waals surface area contributed by atoms with E-state index in [1.165, 1.54) is 0 Å². The second-order valence-corrected chi connectivity index (χ2v) is 4.70. The lowest BCUT2D eigenvalue weighted by Gasteiger charge is -1.99. The summed E-state index contributed by atoms with van der Waals surface area (Å²) in [4.78, 5) is 15.9. The molecule has 0 bridgehead atoms. The average molecular weight is 271 g/mol. The Morgan fingerprint density at radius 3 is 2.84 bits per heavy atom. The third-order valence-electron chi connectivity index (χ3n) is 3.13. The van der Waals surface area contributed by atoms with Gasteiger partial charge in [0.15, 0.2) is 5.58 Å². The number of nitrogens with zero attached hydrogens (tertiary/aromatic N) is 2. The first kappa shape index (κ1) is 10.6. The van der Waals surface area contributed by atoms with Gasteiger partial charge in [0.05, 0.1) is 16.4 Å². The molecular weight excluding hydrogens is 264 g/mol. The van der Waals surface area contributed by atoms with Crippen molar-refractivity contribution < 1.29 is 4.42 Å². The number of aromatic nitrogens is 2. The number of halogens is 1. The predicted molar refractivity (Wildman–Crippen MR) is 73.8 cm³/mol. The maximum atomic E-state index is 11.9. The molecule has 4 rings (SSSR count). The molecule has 0 radical (unpaired) electrons. The Morgan fingerprint density at radius 1 is 1.11 bits per heavy atom. The number of fused-ring (bicyclic) bond motifs is 5. The highest BCUT2D eigenvalue weighted by atomic mass is 35.5. The van der Waals surface area contributed by atoms with Gasteiger partial charge >= 0.3 is 5.84 Å². The highest BCUT2D eigenvalue weighted by molar-refractivity contribution is 6.31. The zero-order valence-electron chi connectivity index (χ0n) is 9.63. The molecule has 0 unspecified atom stereocenters. The van der Waals surface area contributed by atoms with E-state index < -0.39 is 0 Å². The van der Waals surface area contributed by atoms with Crippen LogP contribution in [0.3, 0.4) is 0 Å². The van der Waals surface area contributed by atoms with Crippen LogP contribution in [-0.4, -0.2) is 9.38 Å². The summed E-state index contributed by atoms with van der Waals surface area (Å²) < 4.78 is 7.39. The maximum absolute atomic E-state index is 11.9. The van der Waals surface area contributed by atoms with Gasteiger partial charge in [0.25, 0.3) is 5.56 Å². The molecule has 0 amide bonds. The molecule has 19 heavy (non-hydrogen) atoms. The van der Waals surface area contributed by atoms with Gasteiger partial charge in [-0.1, -0.05) is 23.7 Å². The Kier molecular flexibility index (Phi) is 2.00. The van der Waals surface area contributed by atoms with E-state index in [0.717, 1.165) is 11.0 Å². The summed E-state index contributed by atoms with van der Waals surface area (Å²) >= 11 is 6.02. The largest absolute Gasteiger partial charge is 0.423 e. The highest BCUT2D eigenvalue weighted by Crippen LogP contribution is 2.25. The molecule has 92 valence electrons. The minimum atomic E-state index is -0.291. The van der Waals surface area contributed by atoms with Gasteiger partial charge in [0.2, 0.25) is 0 Å².